The fraction of sp³-hybridized carbons (Fsp3) is 0.345. The number of benzene rings is 2. The zero-order valence-electron chi connectivity index (χ0n) is 21.9. The molecule has 2 heterocycles. The molecule has 2 aromatic carbocycles. The van der Waals surface area contributed by atoms with Gasteiger partial charge in [-0.2, -0.15) is 9.97 Å². The number of hydrogen-bond donors (Lipinski definition) is 0. The zero-order valence-corrected chi connectivity index (χ0v) is 22.7. The highest BCUT2D eigenvalue weighted by Crippen LogP contribution is 2.34. The molecule has 0 bridgehead atoms. The van der Waals surface area contributed by atoms with E-state index >= 15 is 0 Å². The molecule has 0 amide bonds. The van der Waals surface area contributed by atoms with E-state index in [1.54, 1.807) is 37.3 Å². The average molecular weight is 533 g/mol. The third kappa shape index (κ3) is 5.49. The second-order valence-electron chi connectivity index (χ2n) is 9.57. The molecule has 1 saturated carbocycles. The minimum absolute atomic E-state index is 0.0868. The van der Waals surface area contributed by atoms with Crippen LogP contribution in [0.25, 0.3) is 11.0 Å². The molecule has 198 valence electrons. The Morgan fingerprint density at radius 1 is 0.974 bits per heavy atom. The number of methoxy groups -OCH3 is 2. The van der Waals surface area contributed by atoms with Crippen molar-refractivity contribution in [2.45, 2.75) is 50.0 Å². The zero-order chi connectivity index (χ0) is 26.6. The summed E-state index contributed by atoms with van der Waals surface area (Å²) in [6.07, 6.45) is 7.31. The van der Waals surface area contributed by atoms with Gasteiger partial charge in [-0.1, -0.05) is 37.1 Å². The normalized spacial score (nSPS) is 14.5. The summed E-state index contributed by atoms with van der Waals surface area (Å²) in [6, 6.07) is 17.6. The molecular formula is C29H32N4O4S. The van der Waals surface area contributed by atoms with E-state index in [2.05, 4.69) is 14.9 Å². The van der Waals surface area contributed by atoms with Crippen molar-refractivity contribution < 1.29 is 14.0 Å². The van der Waals surface area contributed by atoms with Crippen molar-refractivity contribution in [2.75, 3.05) is 25.4 Å². The number of fused-ring (bicyclic) bond motifs is 1. The summed E-state index contributed by atoms with van der Waals surface area (Å²) in [4.78, 5) is 24.9. The fourth-order valence-corrected chi connectivity index (χ4v) is 5.55. The maximum Gasteiger partial charge on any atom is 0.344 e. The quantitative estimate of drug-likeness (QED) is 0.224. The van der Waals surface area contributed by atoms with Gasteiger partial charge in [0.25, 0.3) is 5.56 Å². The molecule has 1 aliphatic carbocycles. The van der Waals surface area contributed by atoms with Gasteiger partial charge >= 0.3 is 5.16 Å². The van der Waals surface area contributed by atoms with Gasteiger partial charge in [-0.3, -0.25) is 9.36 Å². The van der Waals surface area contributed by atoms with Gasteiger partial charge in [-0.25, -0.2) is 0 Å². The lowest BCUT2D eigenvalue weighted by atomic mass is 10.1. The van der Waals surface area contributed by atoms with Crippen molar-refractivity contribution >= 4 is 27.9 Å². The summed E-state index contributed by atoms with van der Waals surface area (Å²) in [7, 11) is 3.29. The van der Waals surface area contributed by atoms with Crippen LogP contribution in [0.15, 0.2) is 70.7 Å². The van der Waals surface area contributed by atoms with Gasteiger partial charge in [0.05, 0.1) is 25.3 Å². The molecule has 1 aliphatic rings. The number of aromatic nitrogens is 3. The third-order valence-corrected chi connectivity index (χ3v) is 7.81. The number of pyridine rings is 1. The first kappa shape index (κ1) is 26.1. The molecule has 2 aromatic heterocycles. The standard InChI is InChI=1S/C29H32N4O4S/c1-36-23-12-8-20(9-13-23)18-32(19-21-10-14-24(37-2)15-11-21)26-16-27(34)33(22-6-4-5-7-22)28-25(26)17-30-29(31-28)38(3)35/h8-17,22H,4-7,18-19H2,1-3H3. The number of nitrogens with zero attached hydrogens (tertiary/aromatic N) is 4. The second-order valence-corrected chi connectivity index (χ2v) is 10.8. The van der Waals surface area contributed by atoms with E-state index in [0.29, 0.717) is 18.7 Å². The molecule has 1 fully saturated rings. The van der Waals surface area contributed by atoms with E-state index in [1.165, 1.54) is 0 Å². The number of anilines is 1. The van der Waals surface area contributed by atoms with Gasteiger partial charge in [-0.05, 0) is 48.2 Å². The van der Waals surface area contributed by atoms with E-state index in [9.17, 15) is 9.35 Å². The molecule has 0 spiro atoms. The van der Waals surface area contributed by atoms with E-state index in [0.717, 1.165) is 59.4 Å². The number of rotatable bonds is 9. The molecule has 0 radical (unpaired) electrons. The summed E-state index contributed by atoms with van der Waals surface area (Å²) < 4.78 is 24.7. The van der Waals surface area contributed by atoms with Crippen molar-refractivity contribution in [3.63, 3.8) is 0 Å². The molecule has 1 atom stereocenters. The van der Waals surface area contributed by atoms with Crippen molar-refractivity contribution in [1.29, 1.82) is 0 Å². The van der Waals surface area contributed by atoms with Crippen LogP contribution in [0.1, 0.15) is 42.9 Å². The topological polar surface area (TPSA) is 92.5 Å². The Hall–Kier alpha value is -3.56. The highest BCUT2D eigenvalue weighted by atomic mass is 32.2. The van der Waals surface area contributed by atoms with Gasteiger partial charge in [0.2, 0.25) is 0 Å². The van der Waals surface area contributed by atoms with Crippen LogP contribution in [0.5, 0.6) is 11.5 Å². The molecular weight excluding hydrogens is 500 g/mol. The number of hydrogen-bond acceptors (Lipinski definition) is 7. The maximum atomic E-state index is 13.7. The molecule has 0 aliphatic heterocycles. The van der Waals surface area contributed by atoms with Gasteiger partial charge in [-0.15, -0.1) is 0 Å². The number of ether oxygens (including phenoxy) is 2. The van der Waals surface area contributed by atoms with E-state index < -0.39 is 11.2 Å². The minimum atomic E-state index is -1.36. The van der Waals surface area contributed by atoms with Crippen molar-refractivity contribution in [3.8, 4) is 11.5 Å². The summed E-state index contributed by atoms with van der Waals surface area (Å²) in [5.74, 6) is 1.57. The largest absolute Gasteiger partial charge is 0.609 e. The first-order chi connectivity index (χ1) is 18.5. The summed E-state index contributed by atoms with van der Waals surface area (Å²) >= 11 is -1.36. The lowest BCUT2D eigenvalue weighted by Gasteiger charge is -2.28. The summed E-state index contributed by atoms with van der Waals surface area (Å²) in [5, 5.41) is 1.00. The van der Waals surface area contributed by atoms with Crippen LogP contribution < -0.4 is 19.9 Å². The maximum absolute atomic E-state index is 13.7. The monoisotopic (exact) mass is 532 g/mol. The lowest BCUT2D eigenvalue weighted by Crippen LogP contribution is -2.29. The Bertz CT molecular complexity index is 1400. The van der Waals surface area contributed by atoms with Crippen LogP contribution in [-0.4, -0.2) is 39.6 Å². The van der Waals surface area contributed by atoms with Crippen molar-refractivity contribution in [3.05, 3.63) is 82.3 Å². The predicted molar refractivity (Wildman–Crippen MR) is 150 cm³/mol. The molecule has 1 unspecified atom stereocenters. The highest BCUT2D eigenvalue weighted by Gasteiger charge is 2.25. The van der Waals surface area contributed by atoms with Gasteiger partial charge in [0, 0.05) is 42.6 Å². The molecule has 5 rings (SSSR count). The van der Waals surface area contributed by atoms with E-state index in [-0.39, 0.29) is 16.8 Å². The first-order valence-corrected chi connectivity index (χ1v) is 14.3. The summed E-state index contributed by atoms with van der Waals surface area (Å²) in [5.41, 5.74) is 3.34. The highest BCUT2D eigenvalue weighted by molar-refractivity contribution is 7.90. The van der Waals surface area contributed by atoms with Crippen molar-refractivity contribution in [2.24, 2.45) is 0 Å². The smallest absolute Gasteiger partial charge is 0.344 e. The van der Waals surface area contributed by atoms with Crippen LogP contribution in [0.4, 0.5) is 5.69 Å². The fourth-order valence-electron chi connectivity index (χ4n) is 5.13. The molecule has 0 N–H and O–H groups in total. The molecule has 38 heavy (non-hydrogen) atoms. The van der Waals surface area contributed by atoms with Crippen LogP contribution in [0.2, 0.25) is 0 Å². The van der Waals surface area contributed by atoms with Crippen LogP contribution >= 0.6 is 0 Å². The second kappa shape index (κ2) is 11.4. The van der Waals surface area contributed by atoms with Gasteiger partial charge < -0.3 is 18.9 Å². The third-order valence-electron chi connectivity index (χ3n) is 7.10. The van der Waals surface area contributed by atoms with Gasteiger partial charge in [0.1, 0.15) is 17.8 Å². The Balaban J connectivity index is 1.64. The molecule has 4 aromatic rings. The summed E-state index contributed by atoms with van der Waals surface area (Å²) in [6.45, 7) is 1.11. The Morgan fingerprint density at radius 3 is 2.03 bits per heavy atom. The lowest BCUT2D eigenvalue weighted by molar-refractivity contribution is 0.414. The van der Waals surface area contributed by atoms with E-state index in [4.69, 9.17) is 9.47 Å². The van der Waals surface area contributed by atoms with Crippen molar-refractivity contribution in [1.82, 2.24) is 14.5 Å². The first-order valence-electron chi connectivity index (χ1n) is 12.7. The molecule has 0 saturated heterocycles. The van der Waals surface area contributed by atoms with Gasteiger partial charge in [0.15, 0.2) is 5.65 Å². The SMILES string of the molecule is COc1ccc(CN(Cc2ccc(OC)cc2)c2cc(=O)n(C3CCCC3)c3nc([S+](C)[O-])ncc23)cc1. The van der Waals surface area contributed by atoms with Crippen LogP contribution in [0, 0.1) is 0 Å². The molecule has 9 heteroatoms. The van der Waals surface area contributed by atoms with E-state index in [1.807, 2.05) is 48.5 Å². The predicted octanol–water partition coefficient (Wildman–Crippen LogP) is 4.87. The molecule has 8 nitrogen and oxygen atoms in total. The van der Waals surface area contributed by atoms with Crippen LogP contribution in [0.3, 0.4) is 0 Å². The Kier molecular flexibility index (Phi) is 7.85. The minimum Gasteiger partial charge on any atom is -0.609 e. The average Bonchev–Trinajstić information content (AvgIpc) is 3.47. The Labute approximate surface area is 225 Å². The Morgan fingerprint density at radius 2 is 1.53 bits per heavy atom. The van der Waals surface area contributed by atoms with Crippen LogP contribution in [-0.2, 0) is 24.3 Å².